The van der Waals surface area contributed by atoms with Crippen molar-refractivity contribution in [2.75, 3.05) is 13.2 Å². The fourth-order valence-corrected chi connectivity index (χ4v) is 3.25. The van der Waals surface area contributed by atoms with Gasteiger partial charge in [-0.1, -0.05) is 0 Å². The van der Waals surface area contributed by atoms with Crippen LogP contribution in [0.2, 0.25) is 0 Å². The van der Waals surface area contributed by atoms with Gasteiger partial charge in [-0.2, -0.15) is 0 Å². The highest BCUT2D eigenvalue weighted by Crippen LogP contribution is 2.28. The maximum Gasteiger partial charge on any atom is 0.237 e. The molecule has 0 spiro atoms. The van der Waals surface area contributed by atoms with E-state index in [2.05, 4.69) is 31.0 Å². The first-order valence-corrected chi connectivity index (χ1v) is 7.60. The molecule has 0 aromatic carbocycles. The van der Waals surface area contributed by atoms with Crippen molar-refractivity contribution in [1.82, 2.24) is 10.2 Å². The molecule has 1 atom stereocenters. The Hall–Kier alpha value is -0.610. The van der Waals surface area contributed by atoms with Gasteiger partial charge >= 0.3 is 0 Å². The maximum absolute atomic E-state index is 12.3. The molecule has 0 bridgehead atoms. The summed E-state index contributed by atoms with van der Waals surface area (Å²) in [4.78, 5) is 14.6. The lowest BCUT2D eigenvalue weighted by Crippen LogP contribution is -2.63. The lowest BCUT2D eigenvalue weighted by molar-refractivity contribution is -0.136. The van der Waals surface area contributed by atoms with Gasteiger partial charge < -0.3 is 10.4 Å². The highest BCUT2D eigenvalue weighted by molar-refractivity contribution is 5.83. The fourth-order valence-electron chi connectivity index (χ4n) is 3.25. The second-order valence-corrected chi connectivity index (χ2v) is 7.08. The minimum atomic E-state index is 0.0653. The molecule has 2 fully saturated rings. The molecule has 1 amide bonds. The molecular formula is C15H28N2O2. The predicted octanol–water partition coefficient (Wildman–Crippen LogP) is 1.53. The molecular weight excluding hydrogens is 240 g/mol. The summed E-state index contributed by atoms with van der Waals surface area (Å²) in [6.45, 7) is 7.82. The van der Waals surface area contributed by atoms with Gasteiger partial charge in [0.15, 0.2) is 0 Å². The number of rotatable bonds is 3. The minimum absolute atomic E-state index is 0.0653. The van der Waals surface area contributed by atoms with Crippen LogP contribution in [0.5, 0.6) is 0 Å². The Bertz CT molecular complexity index is 317. The van der Waals surface area contributed by atoms with Crippen molar-refractivity contribution in [1.29, 1.82) is 0 Å². The Labute approximate surface area is 116 Å². The molecule has 19 heavy (non-hydrogen) atoms. The van der Waals surface area contributed by atoms with E-state index in [4.69, 9.17) is 5.11 Å². The van der Waals surface area contributed by atoms with Gasteiger partial charge in [-0.3, -0.25) is 9.69 Å². The number of likely N-dealkylation sites (tertiary alicyclic amines) is 1. The Morgan fingerprint density at radius 2 is 1.84 bits per heavy atom. The molecule has 2 aliphatic rings. The second-order valence-electron chi connectivity index (χ2n) is 7.08. The number of hydrogen-bond donors (Lipinski definition) is 2. The highest BCUT2D eigenvalue weighted by atomic mass is 16.3. The molecule has 2 rings (SSSR count). The van der Waals surface area contributed by atoms with E-state index in [1.165, 1.54) is 0 Å². The smallest absolute Gasteiger partial charge is 0.237 e. The van der Waals surface area contributed by atoms with Crippen LogP contribution in [0, 0.1) is 5.92 Å². The van der Waals surface area contributed by atoms with E-state index >= 15 is 0 Å². The van der Waals surface area contributed by atoms with Gasteiger partial charge in [0.25, 0.3) is 0 Å². The molecule has 4 heteroatoms. The molecule has 1 saturated heterocycles. The third-order valence-corrected chi connectivity index (χ3v) is 4.64. The van der Waals surface area contributed by atoms with E-state index in [1.54, 1.807) is 0 Å². The first-order valence-electron chi connectivity index (χ1n) is 7.60. The predicted molar refractivity (Wildman–Crippen MR) is 75.8 cm³/mol. The zero-order chi connectivity index (χ0) is 14.0. The van der Waals surface area contributed by atoms with Crippen LogP contribution in [0.4, 0.5) is 0 Å². The zero-order valence-electron chi connectivity index (χ0n) is 12.5. The minimum Gasteiger partial charge on any atom is -0.396 e. The van der Waals surface area contributed by atoms with Crippen molar-refractivity contribution in [3.05, 3.63) is 0 Å². The lowest BCUT2D eigenvalue weighted by Gasteiger charge is -2.48. The number of amides is 1. The van der Waals surface area contributed by atoms with Crippen LogP contribution in [0.3, 0.4) is 0 Å². The molecule has 0 radical (unpaired) electrons. The van der Waals surface area contributed by atoms with E-state index in [9.17, 15) is 4.79 Å². The van der Waals surface area contributed by atoms with E-state index in [-0.39, 0.29) is 17.5 Å². The van der Waals surface area contributed by atoms with E-state index in [0.717, 1.165) is 38.6 Å². The number of nitrogens with one attached hydrogen (secondary N) is 1. The summed E-state index contributed by atoms with van der Waals surface area (Å²) < 4.78 is 0. The average molecular weight is 268 g/mol. The van der Waals surface area contributed by atoms with Crippen LogP contribution in [-0.4, -0.2) is 46.7 Å². The summed E-state index contributed by atoms with van der Waals surface area (Å²) in [5, 5.41) is 12.3. The van der Waals surface area contributed by atoms with Gasteiger partial charge in [0, 0.05) is 24.7 Å². The lowest BCUT2D eigenvalue weighted by atomic mass is 9.86. The molecule has 1 unspecified atom stereocenters. The van der Waals surface area contributed by atoms with Gasteiger partial charge in [0.1, 0.15) is 0 Å². The van der Waals surface area contributed by atoms with Crippen LogP contribution in [0.15, 0.2) is 0 Å². The standard InChI is InChI=1S/C15H28N2O2/c1-15(2,3)17-9-8-13(17)14(19)16-12-6-4-11(10-18)5-7-12/h11-13,18H,4-10H2,1-3H3,(H,16,19). The molecule has 0 aromatic heterocycles. The van der Waals surface area contributed by atoms with Crippen LogP contribution in [0.1, 0.15) is 52.9 Å². The van der Waals surface area contributed by atoms with Gasteiger partial charge in [0.05, 0.1) is 6.04 Å². The van der Waals surface area contributed by atoms with Crippen LogP contribution >= 0.6 is 0 Å². The molecule has 110 valence electrons. The summed E-state index contributed by atoms with van der Waals surface area (Å²) >= 11 is 0. The first-order chi connectivity index (χ1) is 8.91. The van der Waals surface area contributed by atoms with Gasteiger partial charge in [-0.05, 0) is 58.8 Å². The third kappa shape index (κ3) is 3.48. The number of aliphatic hydroxyl groups is 1. The molecule has 1 aliphatic carbocycles. The first kappa shape index (κ1) is 14.8. The molecule has 4 nitrogen and oxygen atoms in total. The van der Waals surface area contributed by atoms with Crippen LogP contribution in [-0.2, 0) is 4.79 Å². The number of carbonyl (C=O) groups excluding carboxylic acids is 1. The molecule has 1 aliphatic heterocycles. The molecule has 0 aromatic rings. The van der Waals surface area contributed by atoms with Crippen molar-refractivity contribution < 1.29 is 9.90 Å². The van der Waals surface area contributed by atoms with E-state index in [1.807, 2.05) is 0 Å². The van der Waals surface area contributed by atoms with Gasteiger partial charge in [0.2, 0.25) is 5.91 Å². The van der Waals surface area contributed by atoms with Crippen molar-refractivity contribution in [3.63, 3.8) is 0 Å². The summed E-state index contributed by atoms with van der Waals surface area (Å²) in [6, 6.07) is 0.383. The Morgan fingerprint density at radius 3 is 2.26 bits per heavy atom. The van der Waals surface area contributed by atoms with E-state index < -0.39 is 0 Å². The van der Waals surface area contributed by atoms with Crippen molar-refractivity contribution in [2.24, 2.45) is 5.92 Å². The Morgan fingerprint density at radius 1 is 1.21 bits per heavy atom. The maximum atomic E-state index is 12.3. The van der Waals surface area contributed by atoms with Crippen molar-refractivity contribution in [2.45, 2.75) is 70.5 Å². The zero-order valence-corrected chi connectivity index (χ0v) is 12.5. The molecule has 1 saturated carbocycles. The normalized spacial score (nSPS) is 32.7. The highest BCUT2D eigenvalue weighted by Gasteiger charge is 2.41. The molecule has 1 heterocycles. The monoisotopic (exact) mass is 268 g/mol. The Kier molecular flexibility index (Phi) is 4.51. The largest absolute Gasteiger partial charge is 0.396 e. The van der Waals surface area contributed by atoms with Gasteiger partial charge in [-0.15, -0.1) is 0 Å². The Balaban J connectivity index is 1.79. The molecule has 2 N–H and O–H groups in total. The van der Waals surface area contributed by atoms with Gasteiger partial charge in [-0.25, -0.2) is 0 Å². The average Bonchev–Trinajstić information content (AvgIpc) is 2.26. The van der Waals surface area contributed by atoms with Crippen LogP contribution in [0.25, 0.3) is 0 Å². The quantitative estimate of drug-likeness (QED) is 0.816. The number of aliphatic hydroxyl groups excluding tert-OH is 1. The topological polar surface area (TPSA) is 52.6 Å². The second kappa shape index (κ2) is 5.80. The summed E-state index contributed by atoms with van der Waals surface area (Å²) in [5.41, 5.74) is 0.0782. The SMILES string of the molecule is CC(C)(C)N1CCC1C(=O)NC1CCC(CO)CC1. The summed E-state index contributed by atoms with van der Waals surface area (Å²) in [5.74, 6) is 0.650. The van der Waals surface area contributed by atoms with E-state index in [0.29, 0.717) is 18.6 Å². The third-order valence-electron chi connectivity index (χ3n) is 4.64. The fraction of sp³-hybridized carbons (Fsp3) is 0.933. The number of carbonyl (C=O) groups is 1. The summed E-state index contributed by atoms with van der Waals surface area (Å²) in [7, 11) is 0. The van der Waals surface area contributed by atoms with Crippen molar-refractivity contribution in [3.8, 4) is 0 Å². The van der Waals surface area contributed by atoms with Crippen LogP contribution < -0.4 is 5.32 Å². The summed E-state index contributed by atoms with van der Waals surface area (Å²) in [6.07, 6.45) is 5.08. The number of nitrogens with zero attached hydrogens (tertiary/aromatic N) is 1. The number of hydrogen-bond acceptors (Lipinski definition) is 3. The van der Waals surface area contributed by atoms with Crippen molar-refractivity contribution >= 4 is 5.91 Å².